The van der Waals surface area contributed by atoms with Crippen LogP contribution in [-0.4, -0.2) is 108 Å². The normalized spacial score (nSPS) is 30.2. The highest BCUT2D eigenvalue weighted by Crippen LogP contribution is 2.28. The van der Waals surface area contributed by atoms with Gasteiger partial charge in [0.05, 0.1) is 6.42 Å². The summed E-state index contributed by atoms with van der Waals surface area (Å²) in [6.45, 7) is 15.2. The molecule has 0 aromatic carbocycles. The summed E-state index contributed by atoms with van der Waals surface area (Å²) in [5, 5.41) is 5.63. The monoisotopic (exact) mass is 621 g/mol. The van der Waals surface area contributed by atoms with Crippen LogP contribution >= 0.6 is 0 Å². The summed E-state index contributed by atoms with van der Waals surface area (Å²) in [7, 11) is 3.08. The molecule has 8 atom stereocenters. The van der Waals surface area contributed by atoms with Crippen LogP contribution in [0.25, 0.3) is 0 Å². The highest BCUT2D eigenvalue weighted by atomic mass is 16.5. The Morgan fingerprint density at radius 1 is 0.841 bits per heavy atom. The summed E-state index contributed by atoms with van der Waals surface area (Å²) in [6.07, 6.45) is 0.781. The van der Waals surface area contributed by atoms with Crippen LogP contribution in [0.5, 0.6) is 0 Å². The second-order valence-electron chi connectivity index (χ2n) is 13.2. The van der Waals surface area contributed by atoms with Crippen molar-refractivity contribution in [3.63, 3.8) is 0 Å². The van der Waals surface area contributed by atoms with Gasteiger partial charge in [0.25, 0.3) is 5.91 Å². The van der Waals surface area contributed by atoms with E-state index in [2.05, 4.69) is 10.6 Å². The van der Waals surface area contributed by atoms with Crippen LogP contribution in [0.4, 0.5) is 0 Å². The van der Waals surface area contributed by atoms with Gasteiger partial charge in [-0.05, 0) is 43.4 Å². The largest absolute Gasteiger partial charge is 0.452 e. The molecule has 2 rings (SSSR count). The quantitative estimate of drug-likeness (QED) is 0.431. The van der Waals surface area contributed by atoms with Crippen molar-refractivity contribution < 1.29 is 33.5 Å². The molecule has 2 saturated heterocycles. The summed E-state index contributed by atoms with van der Waals surface area (Å²) in [4.78, 5) is 85.7. The maximum absolute atomic E-state index is 14.1. The fraction of sp³-hybridized carbons (Fsp3) is 0.812. The van der Waals surface area contributed by atoms with Crippen molar-refractivity contribution >= 4 is 35.5 Å². The van der Waals surface area contributed by atoms with Crippen molar-refractivity contribution in [1.29, 1.82) is 0 Å². The van der Waals surface area contributed by atoms with E-state index in [4.69, 9.17) is 4.74 Å². The van der Waals surface area contributed by atoms with Crippen molar-refractivity contribution in [1.82, 2.24) is 25.3 Å². The molecule has 0 bridgehead atoms. The Morgan fingerprint density at radius 2 is 1.45 bits per heavy atom. The zero-order valence-corrected chi connectivity index (χ0v) is 28.3. The first kappa shape index (κ1) is 37.0. The summed E-state index contributed by atoms with van der Waals surface area (Å²) in [6, 6.07) is -3.56. The minimum Gasteiger partial charge on any atom is -0.452 e. The number of nitrogens with one attached hydrogen (secondary N) is 2. The molecule has 0 aromatic rings. The van der Waals surface area contributed by atoms with Gasteiger partial charge in [-0.1, -0.05) is 61.3 Å². The van der Waals surface area contributed by atoms with Gasteiger partial charge in [0, 0.05) is 27.2 Å². The Labute approximate surface area is 263 Å². The number of rotatable bonds is 6. The Hall–Kier alpha value is -3.18. The Bertz CT molecular complexity index is 1070. The molecule has 2 heterocycles. The third-order valence-corrected chi connectivity index (χ3v) is 9.40. The lowest BCUT2D eigenvalue weighted by molar-refractivity contribution is -0.162. The number of carbonyl (C=O) groups excluding carboxylic acids is 6. The van der Waals surface area contributed by atoms with Crippen LogP contribution in [0.2, 0.25) is 0 Å². The highest BCUT2D eigenvalue weighted by molar-refractivity contribution is 5.96. The predicted molar refractivity (Wildman–Crippen MR) is 166 cm³/mol. The predicted octanol–water partition coefficient (Wildman–Crippen LogP) is 1.95. The van der Waals surface area contributed by atoms with Crippen LogP contribution < -0.4 is 10.6 Å². The van der Waals surface area contributed by atoms with E-state index in [9.17, 15) is 28.8 Å². The van der Waals surface area contributed by atoms with Gasteiger partial charge >= 0.3 is 5.97 Å². The number of ether oxygens (including phenoxy) is 1. The first-order valence-electron chi connectivity index (χ1n) is 16.2. The molecule has 250 valence electrons. The molecule has 12 nitrogen and oxygen atoms in total. The van der Waals surface area contributed by atoms with Gasteiger partial charge in [0.1, 0.15) is 24.2 Å². The Morgan fingerprint density at radius 3 is 2.02 bits per heavy atom. The van der Waals surface area contributed by atoms with Crippen molar-refractivity contribution in [2.24, 2.45) is 23.7 Å². The number of cyclic esters (lactones) is 1. The van der Waals surface area contributed by atoms with Gasteiger partial charge in [0.15, 0.2) is 6.10 Å². The summed E-state index contributed by atoms with van der Waals surface area (Å²) < 4.78 is 5.64. The smallest absolute Gasteiger partial charge is 0.308 e. The van der Waals surface area contributed by atoms with Crippen molar-refractivity contribution in [2.45, 2.75) is 118 Å². The average Bonchev–Trinajstić information content (AvgIpc) is 3.37. The summed E-state index contributed by atoms with van der Waals surface area (Å²) >= 11 is 0. The van der Waals surface area contributed by atoms with Crippen LogP contribution in [0.15, 0.2) is 0 Å². The number of likely N-dealkylation sites (N-methyl/N-ethyl adjacent to an activating group) is 2. The maximum atomic E-state index is 14.1. The SMILES string of the molecule is CC[C@H](C)C1C(=O)N(C)[C@@H](C)C(=O)NCCC(=O)O[C@H](CC(C)C)C(=O)N2CC[C@H](C)[C@H]2C(=O)N[C@@H]([C@@H](C)CC)C(=O)N1C. The van der Waals surface area contributed by atoms with E-state index in [0.29, 0.717) is 25.8 Å². The lowest BCUT2D eigenvalue weighted by Crippen LogP contribution is -2.61. The van der Waals surface area contributed by atoms with Gasteiger partial charge in [-0.25, -0.2) is 0 Å². The topological polar surface area (TPSA) is 145 Å². The van der Waals surface area contributed by atoms with E-state index < -0.39 is 65.8 Å². The van der Waals surface area contributed by atoms with Crippen LogP contribution in [0.1, 0.15) is 87.5 Å². The number of fused-ring (bicyclic) bond motifs is 1. The molecule has 12 heteroatoms. The van der Waals surface area contributed by atoms with Crippen LogP contribution in [0.3, 0.4) is 0 Å². The van der Waals surface area contributed by atoms with Crippen molar-refractivity contribution in [2.75, 3.05) is 27.2 Å². The number of esters is 1. The molecule has 2 N–H and O–H groups in total. The molecule has 44 heavy (non-hydrogen) atoms. The second kappa shape index (κ2) is 16.2. The summed E-state index contributed by atoms with van der Waals surface area (Å²) in [5.74, 6) is -3.48. The fourth-order valence-electron chi connectivity index (χ4n) is 5.93. The van der Waals surface area contributed by atoms with Gasteiger partial charge < -0.3 is 30.1 Å². The third-order valence-electron chi connectivity index (χ3n) is 9.40. The van der Waals surface area contributed by atoms with Crippen molar-refractivity contribution in [3.8, 4) is 0 Å². The van der Waals surface area contributed by atoms with E-state index in [1.807, 2.05) is 48.5 Å². The molecule has 0 saturated carbocycles. The van der Waals surface area contributed by atoms with Crippen molar-refractivity contribution in [3.05, 3.63) is 0 Å². The van der Waals surface area contributed by atoms with E-state index in [1.54, 1.807) is 14.0 Å². The molecule has 1 unspecified atom stereocenters. The minimum atomic E-state index is -1.09. The zero-order valence-electron chi connectivity index (χ0n) is 28.3. The lowest BCUT2D eigenvalue weighted by Gasteiger charge is -2.39. The van der Waals surface area contributed by atoms with E-state index in [-0.39, 0.29) is 43.1 Å². The molecule has 2 aliphatic heterocycles. The Kier molecular flexibility index (Phi) is 13.6. The molecular weight excluding hydrogens is 566 g/mol. The second-order valence-corrected chi connectivity index (χ2v) is 13.2. The van der Waals surface area contributed by atoms with Gasteiger partial charge in [0.2, 0.25) is 23.6 Å². The first-order chi connectivity index (χ1) is 20.6. The first-order valence-corrected chi connectivity index (χ1v) is 16.2. The number of nitrogens with zero attached hydrogens (tertiary/aromatic N) is 3. The number of hydrogen-bond acceptors (Lipinski definition) is 7. The van der Waals surface area contributed by atoms with E-state index >= 15 is 0 Å². The molecule has 0 spiro atoms. The molecule has 5 amide bonds. The standard InChI is InChI=1S/C32H55N5O7/c1-11-19(5)25-31(42)36(10)27(20(6)12-2)32(43)35(9)22(8)28(39)33-15-13-24(38)44-23(17-18(3)4)30(41)37-16-14-21(7)26(37)29(40)34-25/h18-23,25-27H,11-17H2,1-10H3,(H,33,39)(H,34,40)/t19-,20-,21-,22-,23+,25-,26-,27?/m0/s1. The average molecular weight is 622 g/mol. The fourth-order valence-corrected chi connectivity index (χ4v) is 5.93. The Balaban J connectivity index is 2.60. The van der Waals surface area contributed by atoms with E-state index in [1.165, 1.54) is 21.7 Å². The maximum Gasteiger partial charge on any atom is 0.308 e. The molecule has 0 radical (unpaired) electrons. The van der Waals surface area contributed by atoms with Crippen LogP contribution in [0, 0.1) is 23.7 Å². The summed E-state index contributed by atoms with van der Waals surface area (Å²) in [5.41, 5.74) is 0. The van der Waals surface area contributed by atoms with E-state index in [0.717, 1.165) is 0 Å². The molecule has 0 aliphatic carbocycles. The molecule has 2 aliphatic rings. The number of amides is 5. The minimum absolute atomic E-state index is 0.0284. The molecule has 2 fully saturated rings. The van der Waals surface area contributed by atoms with Gasteiger partial charge in [-0.2, -0.15) is 0 Å². The number of hydrogen-bond donors (Lipinski definition) is 2. The van der Waals surface area contributed by atoms with Gasteiger partial charge in [-0.3, -0.25) is 28.8 Å². The van der Waals surface area contributed by atoms with Crippen LogP contribution in [-0.2, 0) is 33.5 Å². The molecular formula is C32H55N5O7. The highest BCUT2D eigenvalue weighted by Gasteiger charge is 2.45. The lowest BCUT2D eigenvalue weighted by atomic mass is 9.92. The zero-order chi connectivity index (χ0) is 33.5. The number of carbonyl (C=O) groups is 6. The van der Waals surface area contributed by atoms with Gasteiger partial charge in [-0.15, -0.1) is 0 Å². The third kappa shape index (κ3) is 8.72. The molecule has 0 aromatic heterocycles.